The molecule has 0 saturated heterocycles. The van der Waals surface area contributed by atoms with Gasteiger partial charge in [-0.05, 0) is 5.92 Å². The molecule has 0 fully saturated rings. The minimum Gasteiger partial charge on any atom is -0.354 e. The Labute approximate surface area is 66.7 Å². The van der Waals surface area contributed by atoms with Crippen LogP contribution < -0.4 is 5.32 Å². The van der Waals surface area contributed by atoms with E-state index in [-0.39, 0.29) is 17.4 Å². The maximum Gasteiger partial charge on any atom is 0.261 e. The molecule has 0 aromatic rings. The second-order valence-electron chi connectivity index (χ2n) is 2.52. The van der Waals surface area contributed by atoms with Crippen LogP contribution in [0.25, 0.3) is 0 Å². The molecule has 0 spiro atoms. The monoisotopic (exact) mass is 152 g/mol. The third kappa shape index (κ3) is 3.41. The summed E-state index contributed by atoms with van der Waals surface area (Å²) < 4.78 is 0. The maximum absolute atomic E-state index is 10.9. The summed E-state index contributed by atoms with van der Waals surface area (Å²) in [5, 5.41) is 10.9. The van der Waals surface area contributed by atoms with Crippen LogP contribution in [0.15, 0.2) is 11.6 Å². The van der Waals surface area contributed by atoms with Crippen molar-refractivity contribution in [2.45, 2.75) is 13.8 Å². The van der Waals surface area contributed by atoms with Gasteiger partial charge in [0.15, 0.2) is 0 Å². The van der Waals surface area contributed by atoms with Crippen molar-refractivity contribution in [1.29, 1.82) is 5.26 Å². The van der Waals surface area contributed by atoms with Crippen molar-refractivity contribution >= 4 is 5.91 Å². The van der Waals surface area contributed by atoms with Gasteiger partial charge in [0, 0.05) is 7.05 Å². The largest absolute Gasteiger partial charge is 0.354 e. The van der Waals surface area contributed by atoms with Crippen molar-refractivity contribution in [3.8, 4) is 6.07 Å². The maximum atomic E-state index is 10.9. The lowest BCUT2D eigenvalue weighted by molar-refractivity contribution is -0.116. The fourth-order valence-corrected chi connectivity index (χ4v) is 0.632. The van der Waals surface area contributed by atoms with E-state index in [1.54, 1.807) is 6.08 Å². The zero-order valence-corrected chi connectivity index (χ0v) is 7.01. The molecule has 11 heavy (non-hydrogen) atoms. The molecule has 0 aromatic carbocycles. The number of carbonyl (C=O) groups excluding carboxylic acids is 1. The van der Waals surface area contributed by atoms with Gasteiger partial charge in [-0.2, -0.15) is 5.26 Å². The topological polar surface area (TPSA) is 52.9 Å². The van der Waals surface area contributed by atoms with E-state index < -0.39 is 0 Å². The van der Waals surface area contributed by atoms with Gasteiger partial charge in [0.1, 0.15) is 11.6 Å². The highest BCUT2D eigenvalue weighted by Crippen LogP contribution is 2.00. The molecule has 0 aliphatic rings. The quantitative estimate of drug-likeness (QED) is 0.471. The molecule has 0 aliphatic heterocycles. The average molecular weight is 152 g/mol. The summed E-state index contributed by atoms with van der Waals surface area (Å²) in [7, 11) is 1.51. The van der Waals surface area contributed by atoms with Crippen LogP contribution in [0.3, 0.4) is 0 Å². The van der Waals surface area contributed by atoms with E-state index >= 15 is 0 Å². The van der Waals surface area contributed by atoms with Crippen LogP contribution in [-0.4, -0.2) is 13.0 Å². The molecule has 0 radical (unpaired) electrons. The van der Waals surface area contributed by atoms with Crippen LogP contribution in [0.5, 0.6) is 0 Å². The molecule has 0 aromatic heterocycles. The van der Waals surface area contributed by atoms with E-state index in [1.807, 2.05) is 19.9 Å². The summed E-state index contributed by atoms with van der Waals surface area (Å²) in [6.45, 7) is 3.83. The number of allylic oxidation sites excluding steroid dienone is 1. The lowest BCUT2D eigenvalue weighted by atomic mass is 10.1. The van der Waals surface area contributed by atoms with Gasteiger partial charge < -0.3 is 5.32 Å². The van der Waals surface area contributed by atoms with Crippen molar-refractivity contribution in [3.63, 3.8) is 0 Å². The summed E-state index contributed by atoms with van der Waals surface area (Å²) in [5.74, 6) is -0.0943. The summed E-state index contributed by atoms with van der Waals surface area (Å²) in [6.07, 6.45) is 1.64. The number of rotatable bonds is 2. The molecule has 0 saturated carbocycles. The second kappa shape index (κ2) is 4.51. The van der Waals surface area contributed by atoms with Crippen LogP contribution in [0, 0.1) is 17.2 Å². The highest BCUT2D eigenvalue weighted by atomic mass is 16.1. The summed E-state index contributed by atoms with van der Waals surface area (Å²) >= 11 is 0. The molecule has 0 heterocycles. The number of likely N-dealkylation sites (N-methyl/N-ethyl adjacent to an activating group) is 1. The van der Waals surface area contributed by atoms with E-state index in [2.05, 4.69) is 5.32 Å². The van der Waals surface area contributed by atoms with Gasteiger partial charge in [0.05, 0.1) is 0 Å². The number of nitrogens with one attached hydrogen (secondary N) is 1. The van der Waals surface area contributed by atoms with Crippen molar-refractivity contribution in [1.82, 2.24) is 5.32 Å². The summed E-state index contributed by atoms with van der Waals surface area (Å²) in [5.41, 5.74) is 0.183. The molecule has 3 heteroatoms. The van der Waals surface area contributed by atoms with E-state index in [0.717, 1.165) is 0 Å². The van der Waals surface area contributed by atoms with Gasteiger partial charge in [-0.1, -0.05) is 19.9 Å². The zero-order chi connectivity index (χ0) is 8.85. The smallest absolute Gasteiger partial charge is 0.261 e. The van der Waals surface area contributed by atoms with Crippen LogP contribution in [-0.2, 0) is 4.79 Å². The number of amides is 1. The number of nitriles is 1. The van der Waals surface area contributed by atoms with Crippen molar-refractivity contribution < 1.29 is 4.79 Å². The Hall–Kier alpha value is -1.30. The van der Waals surface area contributed by atoms with Crippen molar-refractivity contribution in [2.75, 3.05) is 7.05 Å². The van der Waals surface area contributed by atoms with Crippen LogP contribution >= 0.6 is 0 Å². The number of hydrogen-bond donors (Lipinski definition) is 1. The fraction of sp³-hybridized carbons (Fsp3) is 0.500. The van der Waals surface area contributed by atoms with E-state index in [1.165, 1.54) is 7.05 Å². The highest BCUT2D eigenvalue weighted by molar-refractivity contribution is 5.96. The highest BCUT2D eigenvalue weighted by Gasteiger charge is 2.05. The van der Waals surface area contributed by atoms with Crippen molar-refractivity contribution in [3.05, 3.63) is 11.6 Å². The standard InChI is InChI=1S/C8H12N2O/c1-6(2)4-7(5-9)8(11)10-3/h4,6H,1-3H3,(H,10,11). The Morgan fingerprint density at radius 2 is 2.18 bits per heavy atom. The molecule has 3 nitrogen and oxygen atoms in total. The molecule has 0 aliphatic carbocycles. The first kappa shape index (κ1) is 9.70. The lowest BCUT2D eigenvalue weighted by Gasteiger charge is -1.98. The van der Waals surface area contributed by atoms with E-state index in [9.17, 15) is 4.79 Å². The molecule has 1 amide bonds. The SMILES string of the molecule is CNC(=O)C(C#N)=CC(C)C. The Morgan fingerprint density at radius 3 is 2.45 bits per heavy atom. The van der Waals surface area contributed by atoms with Gasteiger partial charge in [-0.15, -0.1) is 0 Å². The van der Waals surface area contributed by atoms with Gasteiger partial charge in [-0.25, -0.2) is 0 Å². The van der Waals surface area contributed by atoms with Crippen LogP contribution in [0.4, 0.5) is 0 Å². The third-order valence-electron chi connectivity index (χ3n) is 1.09. The van der Waals surface area contributed by atoms with E-state index in [4.69, 9.17) is 5.26 Å². The Kier molecular flexibility index (Phi) is 3.97. The predicted molar refractivity (Wildman–Crippen MR) is 42.6 cm³/mol. The third-order valence-corrected chi connectivity index (χ3v) is 1.09. The molecule has 60 valence electrons. The molecular formula is C8H12N2O. The Balaban J connectivity index is 4.43. The molecule has 0 bridgehead atoms. The first-order valence-electron chi connectivity index (χ1n) is 3.45. The average Bonchev–Trinajstić information content (AvgIpc) is 1.98. The summed E-state index contributed by atoms with van der Waals surface area (Å²) in [4.78, 5) is 10.9. The molecule has 0 rings (SSSR count). The number of nitrogens with zero attached hydrogens (tertiary/aromatic N) is 1. The lowest BCUT2D eigenvalue weighted by Crippen LogP contribution is -2.19. The Morgan fingerprint density at radius 1 is 1.64 bits per heavy atom. The van der Waals surface area contributed by atoms with Crippen LogP contribution in [0.1, 0.15) is 13.8 Å². The molecule has 0 unspecified atom stereocenters. The van der Waals surface area contributed by atoms with Crippen LogP contribution in [0.2, 0.25) is 0 Å². The van der Waals surface area contributed by atoms with Gasteiger partial charge in [0.25, 0.3) is 5.91 Å². The summed E-state index contributed by atoms with van der Waals surface area (Å²) in [6, 6.07) is 1.83. The minimum absolute atomic E-state index is 0.183. The predicted octanol–water partition coefficient (Wildman–Crippen LogP) is 0.838. The second-order valence-corrected chi connectivity index (χ2v) is 2.52. The molecule has 0 atom stereocenters. The van der Waals surface area contributed by atoms with Gasteiger partial charge >= 0.3 is 0 Å². The zero-order valence-electron chi connectivity index (χ0n) is 7.01. The first-order chi connectivity index (χ1) is 5.11. The molecule has 1 N–H and O–H groups in total. The number of carbonyl (C=O) groups is 1. The van der Waals surface area contributed by atoms with Crippen molar-refractivity contribution in [2.24, 2.45) is 5.92 Å². The fourth-order valence-electron chi connectivity index (χ4n) is 0.632. The molecular weight excluding hydrogens is 140 g/mol. The van der Waals surface area contributed by atoms with Gasteiger partial charge in [0.2, 0.25) is 0 Å². The number of hydrogen-bond acceptors (Lipinski definition) is 2. The normalized spacial score (nSPS) is 11.0. The van der Waals surface area contributed by atoms with E-state index in [0.29, 0.717) is 0 Å². The first-order valence-corrected chi connectivity index (χ1v) is 3.45. The van der Waals surface area contributed by atoms with Gasteiger partial charge in [-0.3, -0.25) is 4.79 Å². The minimum atomic E-state index is -0.318. The Bertz CT molecular complexity index is 211.